The second-order valence-corrected chi connectivity index (χ2v) is 7.46. The van der Waals surface area contributed by atoms with E-state index in [1.807, 2.05) is 61.0 Å². The van der Waals surface area contributed by atoms with Crippen molar-refractivity contribution in [3.8, 4) is 5.75 Å². The van der Waals surface area contributed by atoms with E-state index in [1.165, 1.54) is 0 Å². The maximum Gasteiger partial charge on any atom is 0.250 e. The van der Waals surface area contributed by atoms with E-state index in [4.69, 9.17) is 4.74 Å². The molecule has 1 aliphatic rings. The molecule has 0 unspecified atom stereocenters. The third-order valence-corrected chi connectivity index (χ3v) is 5.36. The van der Waals surface area contributed by atoms with Gasteiger partial charge in [0.25, 0.3) is 5.56 Å². The van der Waals surface area contributed by atoms with Crippen molar-refractivity contribution in [3.63, 3.8) is 0 Å². The Balaban J connectivity index is 1.37. The van der Waals surface area contributed by atoms with Gasteiger partial charge in [-0.05, 0) is 38.0 Å². The van der Waals surface area contributed by atoms with Gasteiger partial charge in [0.1, 0.15) is 11.9 Å². The average molecular weight is 397 g/mol. The lowest BCUT2D eigenvalue weighted by Gasteiger charge is -2.34. The number of pyridine rings is 1. The maximum atomic E-state index is 11.9. The van der Waals surface area contributed by atoms with E-state index in [0.29, 0.717) is 0 Å². The minimum atomic E-state index is 0.0781. The highest BCUT2D eigenvalue weighted by molar-refractivity contribution is 5.79. The fraction of sp³-hybridized carbons (Fsp3) is 0.478. The van der Waals surface area contributed by atoms with Crippen molar-refractivity contribution in [1.29, 1.82) is 0 Å². The molecule has 0 atom stereocenters. The number of rotatable bonds is 7. The summed E-state index contributed by atoms with van der Waals surface area (Å²) in [6.07, 6.45) is 4.20. The number of aryl methyl sites for hydroxylation is 1. The normalized spacial score (nSPS) is 15.4. The molecule has 6 nitrogen and oxygen atoms in total. The molecule has 1 N–H and O–H groups in total. The largest absolute Gasteiger partial charge is 0.490 e. The molecule has 1 aromatic carbocycles. The molecule has 6 heteroatoms. The quantitative estimate of drug-likeness (QED) is 0.444. The van der Waals surface area contributed by atoms with E-state index in [1.54, 1.807) is 6.07 Å². The van der Waals surface area contributed by atoms with Crippen LogP contribution in [0.4, 0.5) is 0 Å². The molecule has 29 heavy (non-hydrogen) atoms. The molecular formula is C23H32N4O2. The van der Waals surface area contributed by atoms with E-state index in [9.17, 15) is 4.79 Å². The van der Waals surface area contributed by atoms with Crippen LogP contribution in [-0.4, -0.2) is 48.2 Å². The summed E-state index contributed by atoms with van der Waals surface area (Å²) in [5, 5.41) is 3.47. The lowest BCUT2D eigenvalue weighted by molar-refractivity contribution is 0.129. The lowest BCUT2D eigenvalue weighted by atomic mass is 10.1. The molecule has 1 aliphatic heterocycles. The van der Waals surface area contributed by atoms with Gasteiger partial charge in [-0.3, -0.25) is 9.79 Å². The van der Waals surface area contributed by atoms with Gasteiger partial charge in [0.05, 0.1) is 0 Å². The van der Waals surface area contributed by atoms with E-state index in [-0.39, 0.29) is 11.7 Å². The summed E-state index contributed by atoms with van der Waals surface area (Å²) >= 11 is 0. The molecule has 0 aliphatic carbocycles. The van der Waals surface area contributed by atoms with Crippen molar-refractivity contribution in [2.24, 2.45) is 4.99 Å². The Hall–Kier alpha value is -2.76. The van der Waals surface area contributed by atoms with Crippen LogP contribution >= 0.6 is 0 Å². The highest BCUT2D eigenvalue weighted by atomic mass is 16.5. The van der Waals surface area contributed by atoms with Crippen molar-refractivity contribution in [2.45, 2.75) is 45.3 Å². The van der Waals surface area contributed by atoms with Crippen LogP contribution in [0.5, 0.6) is 5.75 Å². The van der Waals surface area contributed by atoms with Crippen molar-refractivity contribution in [2.75, 3.05) is 26.7 Å². The van der Waals surface area contributed by atoms with Gasteiger partial charge in [0.2, 0.25) is 0 Å². The predicted octanol–water partition coefficient (Wildman–Crippen LogP) is 3.06. The molecule has 1 saturated heterocycles. The van der Waals surface area contributed by atoms with Crippen LogP contribution in [0.2, 0.25) is 0 Å². The Bertz CT molecular complexity index is 839. The molecule has 1 fully saturated rings. The fourth-order valence-corrected chi connectivity index (χ4v) is 3.71. The van der Waals surface area contributed by atoms with Gasteiger partial charge >= 0.3 is 0 Å². The minimum Gasteiger partial charge on any atom is -0.490 e. The molecule has 0 spiro atoms. The number of guanidine groups is 1. The molecular weight excluding hydrogens is 364 g/mol. The van der Waals surface area contributed by atoms with Gasteiger partial charge in [0, 0.05) is 57.8 Å². The number of aromatic nitrogens is 1. The molecule has 1 aromatic heterocycles. The number of piperidine rings is 1. The Morgan fingerprint density at radius 2 is 1.86 bits per heavy atom. The molecule has 0 radical (unpaired) electrons. The zero-order valence-corrected chi connectivity index (χ0v) is 17.5. The summed E-state index contributed by atoms with van der Waals surface area (Å²) in [5.41, 5.74) is 1.09. The van der Waals surface area contributed by atoms with Crippen molar-refractivity contribution >= 4 is 5.96 Å². The molecule has 3 rings (SSSR count). The van der Waals surface area contributed by atoms with Crippen molar-refractivity contribution < 1.29 is 4.74 Å². The summed E-state index contributed by atoms with van der Waals surface area (Å²) in [7, 11) is 1.84. The third kappa shape index (κ3) is 6.11. The van der Waals surface area contributed by atoms with Gasteiger partial charge in [-0.2, -0.15) is 0 Å². The number of para-hydroxylation sites is 1. The summed E-state index contributed by atoms with van der Waals surface area (Å²) in [6, 6.07) is 15.5. The number of aliphatic imine (C=N–C) groups is 1. The van der Waals surface area contributed by atoms with Crippen LogP contribution in [-0.2, 0) is 6.54 Å². The number of hydrogen-bond acceptors (Lipinski definition) is 3. The van der Waals surface area contributed by atoms with Crippen molar-refractivity contribution in [3.05, 3.63) is 64.6 Å². The van der Waals surface area contributed by atoms with Crippen LogP contribution in [0, 0.1) is 6.92 Å². The molecule has 0 bridgehead atoms. The Morgan fingerprint density at radius 3 is 2.55 bits per heavy atom. The number of nitrogens with zero attached hydrogens (tertiary/aromatic N) is 3. The standard InChI is InChI=1S/C23H32N4O2/c1-19-9-8-12-22(28)27(19)16-7-6-15-25-23(24-2)26-17-13-21(14-18-26)29-20-10-4-3-5-11-20/h3-5,8-12,21H,6-7,13-18H2,1-2H3,(H,24,25). The van der Waals surface area contributed by atoms with Crippen LogP contribution in [0.25, 0.3) is 0 Å². The average Bonchev–Trinajstić information content (AvgIpc) is 2.74. The number of nitrogens with one attached hydrogen (secondary N) is 1. The number of benzene rings is 1. The van der Waals surface area contributed by atoms with E-state index >= 15 is 0 Å². The van der Waals surface area contributed by atoms with Crippen LogP contribution in [0.1, 0.15) is 31.4 Å². The minimum absolute atomic E-state index is 0.0781. The first-order valence-electron chi connectivity index (χ1n) is 10.5. The zero-order valence-electron chi connectivity index (χ0n) is 17.5. The lowest BCUT2D eigenvalue weighted by Crippen LogP contribution is -2.47. The predicted molar refractivity (Wildman–Crippen MR) is 118 cm³/mol. The van der Waals surface area contributed by atoms with Gasteiger partial charge in [-0.25, -0.2) is 0 Å². The second kappa shape index (κ2) is 10.7. The third-order valence-electron chi connectivity index (χ3n) is 5.36. The molecule has 0 saturated carbocycles. The fourth-order valence-electron chi connectivity index (χ4n) is 3.71. The first-order valence-corrected chi connectivity index (χ1v) is 10.5. The van der Waals surface area contributed by atoms with E-state index in [2.05, 4.69) is 15.2 Å². The first kappa shape index (κ1) is 21.0. The Morgan fingerprint density at radius 1 is 1.10 bits per heavy atom. The van der Waals surface area contributed by atoms with Crippen molar-refractivity contribution in [1.82, 2.24) is 14.8 Å². The monoisotopic (exact) mass is 396 g/mol. The molecule has 2 aromatic rings. The van der Waals surface area contributed by atoms with Gasteiger partial charge in [-0.15, -0.1) is 0 Å². The zero-order chi connectivity index (χ0) is 20.5. The SMILES string of the molecule is CN=C(NCCCCn1c(C)cccc1=O)N1CCC(Oc2ccccc2)CC1. The molecule has 0 amide bonds. The summed E-state index contributed by atoms with van der Waals surface area (Å²) < 4.78 is 7.92. The smallest absolute Gasteiger partial charge is 0.250 e. The first-order chi connectivity index (χ1) is 14.2. The summed E-state index contributed by atoms with van der Waals surface area (Å²) in [4.78, 5) is 18.7. The second-order valence-electron chi connectivity index (χ2n) is 7.46. The molecule has 2 heterocycles. The number of unbranched alkanes of at least 4 members (excludes halogenated alkanes) is 1. The number of ether oxygens (including phenoxy) is 1. The topological polar surface area (TPSA) is 58.9 Å². The van der Waals surface area contributed by atoms with Gasteiger partial charge < -0.3 is 19.5 Å². The number of hydrogen-bond donors (Lipinski definition) is 1. The number of likely N-dealkylation sites (tertiary alicyclic amines) is 1. The molecule has 156 valence electrons. The van der Waals surface area contributed by atoms with Gasteiger partial charge in [0.15, 0.2) is 5.96 Å². The Kier molecular flexibility index (Phi) is 7.73. The highest BCUT2D eigenvalue weighted by Crippen LogP contribution is 2.18. The van der Waals surface area contributed by atoms with E-state index < -0.39 is 0 Å². The maximum absolute atomic E-state index is 11.9. The van der Waals surface area contributed by atoms with Crippen LogP contribution in [0.15, 0.2) is 58.3 Å². The summed E-state index contributed by atoms with van der Waals surface area (Å²) in [5.74, 6) is 1.90. The van der Waals surface area contributed by atoms with Gasteiger partial charge in [-0.1, -0.05) is 24.3 Å². The summed E-state index contributed by atoms with van der Waals surface area (Å²) in [6.45, 7) is 5.47. The van der Waals surface area contributed by atoms with Crippen LogP contribution < -0.4 is 15.6 Å². The Labute approximate surface area is 173 Å². The van der Waals surface area contributed by atoms with E-state index in [0.717, 1.165) is 69.3 Å². The highest BCUT2D eigenvalue weighted by Gasteiger charge is 2.22. The van der Waals surface area contributed by atoms with Crippen LogP contribution in [0.3, 0.4) is 0 Å².